The van der Waals surface area contributed by atoms with Gasteiger partial charge in [0.05, 0.1) is 12.0 Å². The standard InChI is InChI=1S/C26H33N3O6/c1-18-9-7-8-10-20(18)16-28(19(2)26(31)27-21-11-5-4-6-12-21)25(30)17-35-22-13-14-23(29(32)33)24(15-22)34-3/h7-10,13-15,19,21H,4-6,11-12,16-17H2,1-3H3,(H,27,31)/t19-/m1/s1. The molecule has 35 heavy (non-hydrogen) atoms. The Morgan fingerprint density at radius 1 is 1.17 bits per heavy atom. The Balaban J connectivity index is 1.74. The van der Waals surface area contributed by atoms with Crippen LogP contribution in [0.1, 0.15) is 50.2 Å². The number of rotatable bonds is 10. The van der Waals surface area contributed by atoms with Crippen LogP contribution in [0, 0.1) is 17.0 Å². The maximum atomic E-state index is 13.3. The number of amides is 2. The van der Waals surface area contributed by atoms with Crippen LogP contribution in [0.25, 0.3) is 0 Å². The Morgan fingerprint density at radius 3 is 2.54 bits per heavy atom. The number of nitro benzene ring substituents is 1. The number of nitrogens with zero attached hydrogens (tertiary/aromatic N) is 2. The average molecular weight is 484 g/mol. The third kappa shape index (κ3) is 6.94. The topological polar surface area (TPSA) is 111 Å². The second-order valence-electron chi connectivity index (χ2n) is 8.85. The van der Waals surface area contributed by atoms with Crippen molar-refractivity contribution in [3.05, 3.63) is 63.7 Å². The van der Waals surface area contributed by atoms with Gasteiger partial charge in [-0.2, -0.15) is 0 Å². The molecule has 0 aromatic heterocycles. The van der Waals surface area contributed by atoms with Gasteiger partial charge in [-0.05, 0) is 43.9 Å². The molecule has 9 nitrogen and oxygen atoms in total. The van der Waals surface area contributed by atoms with Crippen LogP contribution in [0.3, 0.4) is 0 Å². The molecule has 0 saturated heterocycles. The third-order valence-corrected chi connectivity index (χ3v) is 6.43. The molecule has 1 aliphatic rings. The molecular weight excluding hydrogens is 450 g/mol. The molecule has 2 amide bonds. The van der Waals surface area contributed by atoms with Crippen molar-refractivity contribution in [2.75, 3.05) is 13.7 Å². The second-order valence-corrected chi connectivity index (χ2v) is 8.85. The molecule has 0 radical (unpaired) electrons. The molecule has 9 heteroatoms. The molecule has 1 atom stereocenters. The summed E-state index contributed by atoms with van der Waals surface area (Å²) in [6.07, 6.45) is 5.28. The van der Waals surface area contributed by atoms with Gasteiger partial charge in [0.15, 0.2) is 6.61 Å². The first-order valence-corrected chi connectivity index (χ1v) is 11.9. The monoisotopic (exact) mass is 483 g/mol. The number of benzene rings is 2. The first-order chi connectivity index (χ1) is 16.8. The lowest BCUT2D eigenvalue weighted by molar-refractivity contribution is -0.385. The fourth-order valence-electron chi connectivity index (χ4n) is 4.25. The van der Waals surface area contributed by atoms with E-state index in [0.717, 1.165) is 36.8 Å². The van der Waals surface area contributed by atoms with Crippen molar-refractivity contribution < 1.29 is 24.0 Å². The molecule has 3 rings (SSSR count). The number of hydrogen-bond donors (Lipinski definition) is 1. The number of carbonyl (C=O) groups is 2. The summed E-state index contributed by atoms with van der Waals surface area (Å²) in [5, 5.41) is 14.2. The quantitative estimate of drug-likeness (QED) is 0.401. The van der Waals surface area contributed by atoms with Gasteiger partial charge in [-0.25, -0.2) is 0 Å². The van der Waals surface area contributed by atoms with Crippen LogP contribution in [0.15, 0.2) is 42.5 Å². The van der Waals surface area contributed by atoms with Crippen LogP contribution in [0.4, 0.5) is 5.69 Å². The number of nitrogens with one attached hydrogen (secondary N) is 1. The summed E-state index contributed by atoms with van der Waals surface area (Å²) in [6, 6.07) is 11.2. The zero-order valence-corrected chi connectivity index (χ0v) is 20.5. The predicted octanol–water partition coefficient (Wildman–Crippen LogP) is 4.16. The van der Waals surface area contributed by atoms with Crippen molar-refractivity contribution in [2.45, 2.75) is 64.6 Å². The van der Waals surface area contributed by atoms with Gasteiger partial charge in [-0.3, -0.25) is 19.7 Å². The van der Waals surface area contributed by atoms with Crippen LogP contribution >= 0.6 is 0 Å². The van der Waals surface area contributed by atoms with Crippen LogP contribution in [-0.4, -0.2) is 47.4 Å². The molecule has 0 bridgehead atoms. The maximum Gasteiger partial charge on any atom is 0.311 e. The molecule has 0 heterocycles. The van der Waals surface area contributed by atoms with Crippen LogP contribution in [0.2, 0.25) is 0 Å². The molecule has 0 unspecified atom stereocenters. The number of aryl methyl sites for hydroxylation is 1. The lowest BCUT2D eigenvalue weighted by Gasteiger charge is -2.31. The maximum absolute atomic E-state index is 13.3. The lowest BCUT2D eigenvalue weighted by Crippen LogP contribution is -2.51. The molecule has 2 aromatic rings. The van der Waals surface area contributed by atoms with Gasteiger partial charge in [0.2, 0.25) is 11.7 Å². The molecular formula is C26H33N3O6. The summed E-state index contributed by atoms with van der Waals surface area (Å²) in [6.45, 7) is 3.62. The van der Waals surface area contributed by atoms with E-state index in [1.807, 2.05) is 31.2 Å². The van der Waals surface area contributed by atoms with Crippen molar-refractivity contribution >= 4 is 17.5 Å². The first kappa shape index (κ1) is 26.0. The number of methoxy groups -OCH3 is 1. The summed E-state index contributed by atoms with van der Waals surface area (Å²) in [5.74, 6) is -0.249. The van der Waals surface area contributed by atoms with Gasteiger partial charge in [0.1, 0.15) is 11.8 Å². The highest BCUT2D eigenvalue weighted by atomic mass is 16.6. The lowest BCUT2D eigenvalue weighted by atomic mass is 9.95. The molecule has 188 valence electrons. The van der Waals surface area contributed by atoms with E-state index in [-0.39, 0.29) is 48.2 Å². The second kappa shape index (κ2) is 12.2. The van der Waals surface area contributed by atoms with E-state index in [0.29, 0.717) is 0 Å². The molecule has 1 N–H and O–H groups in total. The summed E-state index contributed by atoms with van der Waals surface area (Å²) in [5.41, 5.74) is 1.77. The Hall–Kier alpha value is -3.62. The average Bonchev–Trinajstić information content (AvgIpc) is 2.86. The highest BCUT2D eigenvalue weighted by Gasteiger charge is 2.29. The van der Waals surface area contributed by atoms with E-state index in [1.165, 1.54) is 36.6 Å². The van der Waals surface area contributed by atoms with Crippen molar-refractivity contribution in [1.82, 2.24) is 10.2 Å². The number of carbonyl (C=O) groups excluding carboxylic acids is 2. The number of ether oxygens (including phenoxy) is 2. The Bertz CT molecular complexity index is 1050. The summed E-state index contributed by atoms with van der Waals surface area (Å²) in [7, 11) is 1.33. The molecule has 1 fully saturated rings. The van der Waals surface area contributed by atoms with Crippen molar-refractivity contribution in [1.29, 1.82) is 0 Å². The van der Waals surface area contributed by atoms with Gasteiger partial charge < -0.3 is 19.7 Å². The van der Waals surface area contributed by atoms with Crippen molar-refractivity contribution in [3.8, 4) is 11.5 Å². The Labute approximate surface area is 205 Å². The summed E-state index contributed by atoms with van der Waals surface area (Å²) in [4.78, 5) is 38.4. The molecule has 1 aliphatic carbocycles. The van der Waals surface area contributed by atoms with Crippen LogP contribution in [0.5, 0.6) is 11.5 Å². The molecule has 0 aliphatic heterocycles. The smallest absolute Gasteiger partial charge is 0.311 e. The molecule has 0 spiro atoms. The van der Waals surface area contributed by atoms with E-state index in [1.54, 1.807) is 6.92 Å². The van der Waals surface area contributed by atoms with Gasteiger partial charge in [-0.1, -0.05) is 43.5 Å². The normalized spacial score (nSPS) is 14.6. The van der Waals surface area contributed by atoms with E-state index >= 15 is 0 Å². The fraction of sp³-hybridized carbons (Fsp3) is 0.462. The van der Waals surface area contributed by atoms with E-state index in [9.17, 15) is 19.7 Å². The highest BCUT2D eigenvalue weighted by molar-refractivity contribution is 5.88. The zero-order valence-electron chi connectivity index (χ0n) is 20.5. The summed E-state index contributed by atoms with van der Waals surface area (Å²) < 4.78 is 10.7. The SMILES string of the molecule is COc1cc(OCC(=O)N(Cc2ccccc2C)[C@H](C)C(=O)NC2CCCCC2)ccc1[N+](=O)[O-]. The van der Waals surface area contributed by atoms with Crippen molar-refractivity contribution in [3.63, 3.8) is 0 Å². The zero-order chi connectivity index (χ0) is 25.4. The predicted molar refractivity (Wildman–Crippen MR) is 131 cm³/mol. The van der Waals surface area contributed by atoms with Gasteiger partial charge >= 0.3 is 5.69 Å². The minimum atomic E-state index is -0.695. The molecule has 2 aromatic carbocycles. The van der Waals surface area contributed by atoms with Gasteiger partial charge in [-0.15, -0.1) is 0 Å². The minimum absolute atomic E-state index is 0.0388. The third-order valence-electron chi connectivity index (χ3n) is 6.43. The molecule has 1 saturated carbocycles. The number of nitro groups is 1. The minimum Gasteiger partial charge on any atom is -0.490 e. The van der Waals surface area contributed by atoms with Crippen LogP contribution < -0.4 is 14.8 Å². The van der Waals surface area contributed by atoms with Crippen LogP contribution in [-0.2, 0) is 16.1 Å². The first-order valence-electron chi connectivity index (χ1n) is 11.9. The van der Waals surface area contributed by atoms with E-state index in [2.05, 4.69) is 5.32 Å². The van der Waals surface area contributed by atoms with E-state index in [4.69, 9.17) is 9.47 Å². The van der Waals surface area contributed by atoms with Gasteiger partial charge in [0, 0.05) is 24.7 Å². The van der Waals surface area contributed by atoms with Crippen molar-refractivity contribution in [2.24, 2.45) is 0 Å². The highest BCUT2D eigenvalue weighted by Crippen LogP contribution is 2.30. The van der Waals surface area contributed by atoms with Gasteiger partial charge in [0.25, 0.3) is 5.91 Å². The largest absolute Gasteiger partial charge is 0.490 e. The Morgan fingerprint density at radius 2 is 1.89 bits per heavy atom. The fourth-order valence-corrected chi connectivity index (χ4v) is 4.25. The number of hydrogen-bond acceptors (Lipinski definition) is 6. The Kier molecular flexibility index (Phi) is 9.05. The summed E-state index contributed by atoms with van der Waals surface area (Å²) >= 11 is 0. The van der Waals surface area contributed by atoms with E-state index < -0.39 is 11.0 Å².